The summed E-state index contributed by atoms with van der Waals surface area (Å²) < 4.78 is 37.2. The van der Waals surface area contributed by atoms with Gasteiger partial charge >= 0.3 is 5.97 Å². The molecule has 0 spiro atoms. The number of H-pyrrole nitrogens is 1. The predicted octanol–water partition coefficient (Wildman–Crippen LogP) is 1.77. The van der Waals surface area contributed by atoms with Crippen LogP contribution in [0.1, 0.15) is 17.4 Å². The van der Waals surface area contributed by atoms with Crippen LogP contribution >= 0.6 is 0 Å². The number of fused-ring (bicyclic) bond motifs is 1. The lowest BCUT2D eigenvalue weighted by Crippen LogP contribution is -2.40. The number of rotatable bonds is 6. The molecule has 1 saturated heterocycles. The summed E-state index contributed by atoms with van der Waals surface area (Å²) in [6.07, 6.45) is -1.09. The first-order chi connectivity index (χ1) is 15.4. The molecule has 1 amide bonds. The summed E-state index contributed by atoms with van der Waals surface area (Å²) in [6.45, 7) is 2.76. The van der Waals surface area contributed by atoms with Gasteiger partial charge in [-0.3, -0.25) is 9.89 Å². The summed E-state index contributed by atoms with van der Waals surface area (Å²) in [5.41, 5.74) is 1.16. The molecular weight excluding hydrogens is 436 g/mol. The third kappa shape index (κ3) is 4.49. The molecule has 3 aromatic rings. The van der Waals surface area contributed by atoms with Crippen molar-refractivity contribution in [1.82, 2.24) is 14.5 Å². The van der Waals surface area contributed by atoms with Crippen molar-refractivity contribution >= 4 is 38.5 Å². The third-order valence-corrected chi connectivity index (χ3v) is 6.96. The van der Waals surface area contributed by atoms with Gasteiger partial charge in [0, 0.05) is 24.2 Å². The molecule has 0 aliphatic carbocycles. The molecule has 1 atom stereocenters. The molecule has 168 valence electrons. The highest BCUT2D eigenvalue weighted by molar-refractivity contribution is 7.89. The summed E-state index contributed by atoms with van der Waals surface area (Å²) in [5.74, 6) is -1.28. The molecule has 0 bridgehead atoms. The van der Waals surface area contributed by atoms with Crippen LogP contribution in [-0.2, 0) is 24.3 Å². The predicted molar refractivity (Wildman–Crippen MR) is 116 cm³/mol. The van der Waals surface area contributed by atoms with Crippen LogP contribution in [-0.4, -0.2) is 67.2 Å². The molecule has 10 nitrogen and oxygen atoms in total. The Morgan fingerprint density at radius 1 is 1.12 bits per heavy atom. The van der Waals surface area contributed by atoms with Crippen LogP contribution in [0.5, 0.6) is 0 Å². The van der Waals surface area contributed by atoms with Gasteiger partial charge in [-0.2, -0.15) is 9.40 Å². The SMILES string of the molecule is CC(OC(=O)c1n[nH]c2ccccc12)C(=O)Nc1ccc(S(=O)(=O)N2CCOCC2)cc1. The van der Waals surface area contributed by atoms with Gasteiger partial charge in [0.2, 0.25) is 10.0 Å². The van der Waals surface area contributed by atoms with Crippen molar-refractivity contribution < 1.29 is 27.5 Å². The number of nitrogens with one attached hydrogen (secondary N) is 2. The average molecular weight is 458 g/mol. The number of ether oxygens (including phenoxy) is 2. The van der Waals surface area contributed by atoms with E-state index in [-0.39, 0.29) is 10.6 Å². The van der Waals surface area contributed by atoms with Gasteiger partial charge in [0.25, 0.3) is 5.91 Å². The molecule has 11 heteroatoms. The van der Waals surface area contributed by atoms with Crippen molar-refractivity contribution in [1.29, 1.82) is 0 Å². The second-order valence-corrected chi connectivity index (χ2v) is 9.13. The molecule has 2 aromatic carbocycles. The van der Waals surface area contributed by atoms with Gasteiger partial charge in [-0.1, -0.05) is 18.2 Å². The van der Waals surface area contributed by atoms with Crippen LogP contribution in [0.4, 0.5) is 5.69 Å². The van der Waals surface area contributed by atoms with Gasteiger partial charge < -0.3 is 14.8 Å². The van der Waals surface area contributed by atoms with Gasteiger partial charge in [0.1, 0.15) is 0 Å². The summed E-state index contributed by atoms with van der Waals surface area (Å²) in [5, 5.41) is 9.92. The first-order valence-electron chi connectivity index (χ1n) is 9.99. The smallest absolute Gasteiger partial charge is 0.360 e. The molecule has 2 N–H and O–H groups in total. The van der Waals surface area contributed by atoms with Crippen LogP contribution in [0.3, 0.4) is 0 Å². The molecular formula is C21H22N4O6S. The number of nitrogens with zero attached hydrogens (tertiary/aromatic N) is 2. The number of amides is 1. The Labute approximate surface area is 184 Å². The van der Waals surface area contributed by atoms with Gasteiger partial charge in [0.15, 0.2) is 11.8 Å². The monoisotopic (exact) mass is 458 g/mol. The summed E-state index contributed by atoms with van der Waals surface area (Å²) >= 11 is 0. The van der Waals surface area contributed by atoms with E-state index < -0.39 is 28.0 Å². The minimum absolute atomic E-state index is 0.0953. The van der Waals surface area contributed by atoms with Crippen molar-refractivity contribution in [3.05, 3.63) is 54.2 Å². The van der Waals surface area contributed by atoms with Crippen molar-refractivity contribution in [2.24, 2.45) is 0 Å². The zero-order chi connectivity index (χ0) is 22.7. The number of hydrogen-bond donors (Lipinski definition) is 2. The number of hydrogen-bond acceptors (Lipinski definition) is 7. The van der Waals surface area contributed by atoms with Crippen molar-refractivity contribution in [2.45, 2.75) is 17.9 Å². The number of carbonyl (C=O) groups excluding carboxylic acids is 2. The molecule has 1 aliphatic rings. The lowest BCUT2D eigenvalue weighted by Gasteiger charge is -2.26. The Kier molecular flexibility index (Phi) is 6.21. The fourth-order valence-electron chi connectivity index (χ4n) is 3.28. The van der Waals surface area contributed by atoms with E-state index in [1.165, 1.54) is 35.5 Å². The average Bonchev–Trinajstić information content (AvgIpc) is 3.24. The standard InChI is InChI=1S/C21H22N4O6S/c1-14(31-21(27)19-17-4-2-3-5-18(17)23-24-19)20(26)22-15-6-8-16(9-7-15)32(28,29)25-10-12-30-13-11-25/h2-9,14H,10-13H2,1H3,(H,22,26)(H,23,24). The van der Waals surface area contributed by atoms with Crippen LogP contribution < -0.4 is 5.32 Å². The molecule has 4 rings (SSSR count). The molecule has 1 fully saturated rings. The maximum atomic E-state index is 12.7. The van der Waals surface area contributed by atoms with Gasteiger partial charge in [0.05, 0.1) is 23.6 Å². The van der Waals surface area contributed by atoms with Crippen LogP contribution in [0.15, 0.2) is 53.4 Å². The second kappa shape index (κ2) is 9.07. The van der Waals surface area contributed by atoms with Crippen LogP contribution in [0, 0.1) is 0 Å². The van der Waals surface area contributed by atoms with Gasteiger partial charge in [-0.15, -0.1) is 0 Å². The highest BCUT2D eigenvalue weighted by atomic mass is 32.2. The minimum Gasteiger partial charge on any atom is -0.448 e. The molecule has 0 saturated carbocycles. The third-order valence-electron chi connectivity index (χ3n) is 5.05. The highest BCUT2D eigenvalue weighted by Crippen LogP contribution is 2.20. The number of aromatic nitrogens is 2. The molecule has 1 aliphatic heterocycles. The van der Waals surface area contributed by atoms with E-state index in [2.05, 4.69) is 15.5 Å². The van der Waals surface area contributed by atoms with Crippen molar-refractivity contribution in [3.8, 4) is 0 Å². The van der Waals surface area contributed by atoms with E-state index in [9.17, 15) is 18.0 Å². The number of carbonyl (C=O) groups is 2. The Bertz CT molecular complexity index is 1230. The maximum Gasteiger partial charge on any atom is 0.360 e. The lowest BCUT2D eigenvalue weighted by atomic mass is 10.2. The summed E-state index contributed by atoms with van der Waals surface area (Å²) in [7, 11) is -3.62. The van der Waals surface area contributed by atoms with E-state index in [0.29, 0.717) is 42.9 Å². The minimum atomic E-state index is -3.62. The van der Waals surface area contributed by atoms with Crippen molar-refractivity contribution in [3.63, 3.8) is 0 Å². The molecule has 1 unspecified atom stereocenters. The van der Waals surface area contributed by atoms with Gasteiger partial charge in [-0.25, -0.2) is 13.2 Å². The van der Waals surface area contributed by atoms with Crippen LogP contribution in [0.25, 0.3) is 10.9 Å². The first-order valence-corrected chi connectivity index (χ1v) is 11.4. The van der Waals surface area contributed by atoms with E-state index in [4.69, 9.17) is 9.47 Å². The number of esters is 1. The number of anilines is 1. The highest BCUT2D eigenvalue weighted by Gasteiger charge is 2.26. The van der Waals surface area contributed by atoms with E-state index >= 15 is 0 Å². The number of morpholine rings is 1. The second-order valence-electron chi connectivity index (χ2n) is 7.20. The number of aromatic amines is 1. The quantitative estimate of drug-likeness (QED) is 0.538. The van der Waals surface area contributed by atoms with Crippen molar-refractivity contribution in [2.75, 3.05) is 31.6 Å². The molecule has 0 radical (unpaired) electrons. The molecule has 32 heavy (non-hydrogen) atoms. The van der Waals surface area contributed by atoms with Gasteiger partial charge in [-0.05, 0) is 37.3 Å². The zero-order valence-corrected chi connectivity index (χ0v) is 18.1. The maximum absolute atomic E-state index is 12.7. The summed E-state index contributed by atoms with van der Waals surface area (Å²) in [6, 6.07) is 12.9. The zero-order valence-electron chi connectivity index (χ0n) is 17.3. The fraction of sp³-hybridized carbons (Fsp3) is 0.286. The van der Waals surface area contributed by atoms with E-state index in [1.807, 2.05) is 6.07 Å². The number of sulfonamides is 1. The Balaban J connectivity index is 1.38. The lowest BCUT2D eigenvalue weighted by molar-refractivity contribution is -0.123. The largest absolute Gasteiger partial charge is 0.448 e. The Morgan fingerprint density at radius 3 is 2.53 bits per heavy atom. The number of para-hydroxylation sites is 1. The topological polar surface area (TPSA) is 131 Å². The fourth-order valence-corrected chi connectivity index (χ4v) is 4.69. The summed E-state index contributed by atoms with van der Waals surface area (Å²) in [4.78, 5) is 25.0. The van der Waals surface area contributed by atoms with E-state index in [1.54, 1.807) is 18.2 Å². The normalized spacial score (nSPS) is 15.9. The van der Waals surface area contributed by atoms with Crippen LogP contribution in [0.2, 0.25) is 0 Å². The molecule has 1 aromatic heterocycles. The Hall–Kier alpha value is -3.28. The Morgan fingerprint density at radius 2 is 1.81 bits per heavy atom. The van der Waals surface area contributed by atoms with E-state index in [0.717, 1.165) is 0 Å². The molecule has 2 heterocycles. The first kappa shape index (κ1) is 21.9. The number of benzene rings is 2.